The molecule has 1 aromatic rings. The first-order valence-corrected chi connectivity index (χ1v) is 7.72. The number of hydrogen-bond acceptors (Lipinski definition) is 5. The van der Waals surface area contributed by atoms with Crippen LogP contribution in [0.5, 0.6) is 0 Å². The maximum atomic E-state index is 5.58. The van der Waals surface area contributed by atoms with Gasteiger partial charge in [0.05, 0.1) is 6.54 Å². The van der Waals surface area contributed by atoms with Gasteiger partial charge in [-0.15, -0.1) is 5.10 Å². The van der Waals surface area contributed by atoms with Gasteiger partial charge in [-0.25, -0.2) is 0 Å². The summed E-state index contributed by atoms with van der Waals surface area (Å²) >= 11 is 0. The predicted octanol–water partition coefficient (Wildman–Crippen LogP) is 2.69. The topological polar surface area (TPSA) is 77.0 Å². The highest BCUT2D eigenvalue weighted by molar-refractivity contribution is 5.30. The molecule has 1 aromatic heterocycles. The molecule has 4 aliphatic carbocycles. The van der Waals surface area contributed by atoms with Crippen molar-refractivity contribution in [1.82, 2.24) is 10.2 Å². The van der Waals surface area contributed by atoms with Crippen molar-refractivity contribution >= 4 is 6.01 Å². The summed E-state index contributed by atoms with van der Waals surface area (Å²) in [4.78, 5) is 0. The van der Waals surface area contributed by atoms with Crippen molar-refractivity contribution in [1.29, 1.82) is 0 Å². The fraction of sp³-hybridized carbons (Fsp3) is 0.867. The lowest BCUT2D eigenvalue weighted by molar-refractivity contribution is -0.0978. The molecule has 0 radical (unpaired) electrons. The second-order valence-electron chi connectivity index (χ2n) is 8.24. The summed E-state index contributed by atoms with van der Waals surface area (Å²) in [6.07, 6.45) is 7.86. The van der Waals surface area contributed by atoms with Gasteiger partial charge >= 0.3 is 6.01 Å². The van der Waals surface area contributed by atoms with E-state index in [9.17, 15) is 0 Å². The normalized spacial score (nSPS) is 45.9. The zero-order chi connectivity index (χ0) is 14.0. The molecular formula is C15H24N4O. The van der Waals surface area contributed by atoms with Crippen LogP contribution >= 0.6 is 0 Å². The number of aromatic nitrogens is 2. The van der Waals surface area contributed by atoms with Crippen LogP contribution in [0.2, 0.25) is 0 Å². The Morgan fingerprint density at radius 3 is 2.40 bits per heavy atom. The molecule has 0 amide bonds. The second-order valence-corrected chi connectivity index (χ2v) is 8.24. The highest BCUT2D eigenvalue weighted by atomic mass is 16.4. The molecule has 5 heteroatoms. The molecule has 4 saturated carbocycles. The van der Waals surface area contributed by atoms with Crippen LogP contribution in [0.1, 0.15) is 58.3 Å². The van der Waals surface area contributed by atoms with Gasteiger partial charge in [-0.1, -0.05) is 18.9 Å². The maximum Gasteiger partial charge on any atom is 0.315 e. The molecule has 4 fully saturated rings. The Morgan fingerprint density at radius 1 is 1.15 bits per heavy atom. The first kappa shape index (κ1) is 12.6. The van der Waals surface area contributed by atoms with Crippen molar-refractivity contribution in [2.75, 3.05) is 5.32 Å². The van der Waals surface area contributed by atoms with E-state index in [-0.39, 0.29) is 5.54 Å². The third-order valence-electron chi connectivity index (χ3n) is 5.64. The first-order chi connectivity index (χ1) is 9.42. The lowest BCUT2D eigenvalue weighted by atomic mass is 9.43. The largest absolute Gasteiger partial charge is 0.407 e. The molecular weight excluding hydrogens is 252 g/mol. The lowest BCUT2D eigenvalue weighted by Gasteiger charge is -2.65. The van der Waals surface area contributed by atoms with Gasteiger partial charge in [-0.3, -0.25) is 0 Å². The maximum absolute atomic E-state index is 5.58. The Kier molecular flexibility index (Phi) is 2.37. The number of rotatable bonds is 3. The minimum absolute atomic E-state index is 0.154. The van der Waals surface area contributed by atoms with Gasteiger partial charge < -0.3 is 15.5 Å². The van der Waals surface area contributed by atoms with Crippen molar-refractivity contribution in [3.63, 3.8) is 0 Å². The van der Waals surface area contributed by atoms with Crippen molar-refractivity contribution in [2.24, 2.45) is 22.5 Å². The fourth-order valence-electron chi connectivity index (χ4n) is 6.20. The monoisotopic (exact) mass is 276 g/mol. The van der Waals surface area contributed by atoms with Gasteiger partial charge in [-0.2, -0.15) is 0 Å². The predicted molar refractivity (Wildman–Crippen MR) is 75.9 cm³/mol. The third-order valence-corrected chi connectivity index (χ3v) is 5.64. The Morgan fingerprint density at radius 2 is 1.85 bits per heavy atom. The molecule has 3 N–H and O–H groups in total. The molecule has 0 aliphatic heterocycles. The number of nitrogens with one attached hydrogen (secondary N) is 1. The molecule has 0 aromatic carbocycles. The fourth-order valence-corrected chi connectivity index (χ4v) is 6.20. The summed E-state index contributed by atoms with van der Waals surface area (Å²) in [5.41, 5.74) is 6.66. The Bertz CT molecular complexity index is 522. The van der Waals surface area contributed by atoms with Crippen molar-refractivity contribution in [3.05, 3.63) is 5.89 Å². The van der Waals surface area contributed by atoms with Crippen molar-refractivity contribution in [3.8, 4) is 0 Å². The molecule has 20 heavy (non-hydrogen) atoms. The van der Waals surface area contributed by atoms with E-state index in [1.54, 1.807) is 0 Å². The van der Waals surface area contributed by atoms with Crippen LogP contribution in [-0.4, -0.2) is 15.7 Å². The molecule has 0 saturated heterocycles. The zero-order valence-corrected chi connectivity index (χ0v) is 12.4. The summed E-state index contributed by atoms with van der Waals surface area (Å²) in [7, 11) is 0. The minimum atomic E-state index is 0.154. The second kappa shape index (κ2) is 3.75. The average molecular weight is 276 g/mol. The van der Waals surface area contributed by atoms with E-state index in [0.29, 0.717) is 29.3 Å². The van der Waals surface area contributed by atoms with Crippen molar-refractivity contribution in [2.45, 2.75) is 64.5 Å². The van der Waals surface area contributed by atoms with Gasteiger partial charge in [-0.05, 0) is 55.3 Å². The average Bonchev–Trinajstić information content (AvgIpc) is 2.70. The lowest BCUT2D eigenvalue weighted by Crippen LogP contribution is -2.61. The van der Waals surface area contributed by atoms with E-state index >= 15 is 0 Å². The quantitative estimate of drug-likeness (QED) is 0.887. The van der Waals surface area contributed by atoms with Crippen LogP contribution in [0.15, 0.2) is 4.42 Å². The first-order valence-electron chi connectivity index (χ1n) is 7.72. The molecule has 0 spiro atoms. The minimum Gasteiger partial charge on any atom is -0.407 e. The van der Waals surface area contributed by atoms with Crippen LogP contribution in [0.4, 0.5) is 6.01 Å². The molecule has 1 heterocycles. The number of nitrogens with zero attached hydrogens (tertiary/aromatic N) is 2. The van der Waals surface area contributed by atoms with Gasteiger partial charge in [0.25, 0.3) is 0 Å². The van der Waals surface area contributed by atoms with Gasteiger partial charge in [0, 0.05) is 5.54 Å². The Labute approximate surface area is 119 Å². The standard InChI is InChI=1S/C15H24N4O/c1-13-3-10-4-14(2,7-13)9-15(5-10,8-13)17-12-19-18-11(6-16)20-12/h10H,3-9,16H2,1-2H3,(H,17,19). The number of hydrogen-bond donors (Lipinski definition) is 2. The number of anilines is 1. The van der Waals surface area contributed by atoms with Crippen LogP contribution in [0, 0.1) is 16.7 Å². The van der Waals surface area contributed by atoms with Crippen LogP contribution in [-0.2, 0) is 6.54 Å². The van der Waals surface area contributed by atoms with E-state index < -0.39 is 0 Å². The zero-order valence-electron chi connectivity index (χ0n) is 12.4. The molecule has 4 bridgehead atoms. The summed E-state index contributed by atoms with van der Waals surface area (Å²) in [6, 6.07) is 0.555. The molecule has 110 valence electrons. The SMILES string of the molecule is CC12CC3CC(C)(C1)CC(Nc1nnc(CN)o1)(C3)C2. The Hall–Kier alpha value is -1.10. The van der Waals surface area contributed by atoms with Crippen LogP contribution < -0.4 is 11.1 Å². The van der Waals surface area contributed by atoms with Gasteiger partial charge in [0.2, 0.25) is 5.89 Å². The highest BCUT2D eigenvalue weighted by Gasteiger charge is 2.60. The summed E-state index contributed by atoms with van der Waals surface area (Å²) in [6.45, 7) is 5.23. The van der Waals surface area contributed by atoms with Crippen molar-refractivity contribution < 1.29 is 4.42 Å². The summed E-state index contributed by atoms with van der Waals surface area (Å²) in [5.74, 6) is 1.36. The van der Waals surface area contributed by atoms with E-state index in [2.05, 4.69) is 29.4 Å². The van der Waals surface area contributed by atoms with E-state index in [0.717, 1.165) is 5.92 Å². The Balaban J connectivity index is 1.63. The van der Waals surface area contributed by atoms with E-state index in [1.807, 2.05) is 0 Å². The molecule has 5 nitrogen and oxygen atoms in total. The molecule has 4 aliphatic rings. The van der Waals surface area contributed by atoms with Gasteiger partial charge in [0.15, 0.2) is 0 Å². The summed E-state index contributed by atoms with van der Waals surface area (Å²) < 4.78 is 5.58. The van der Waals surface area contributed by atoms with Gasteiger partial charge in [0.1, 0.15) is 0 Å². The molecule has 2 atom stereocenters. The summed E-state index contributed by atoms with van der Waals surface area (Å²) in [5, 5.41) is 11.7. The third kappa shape index (κ3) is 1.86. The van der Waals surface area contributed by atoms with E-state index in [4.69, 9.17) is 10.2 Å². The highest BCUT2D eigenvalue weighted by Crippen LogP contribution is 2.66. The van der Waals surface area contributed by atoms with Crippen LogP contribution in [0.3, 0.4) is 0 Å². The number of nitrogens with two attached hydrogens (primary N) is 1. The van der Waals surface area contributed by atoms with E-state index in [1.165, 1.54) is 38.5 Å². The smallest absolute Gasteiger partial charge is 0.315 e. The van der Waals surface area contributed by atoms with Crippen LogP contribution in [0.25, 0.3) is 0 Å². The molecule has 2 unspecified atom stereocenters. The molecule has 5 rings (SSSR count).